The zero-order chi connectivity index (χ0) is 20.1. The van der Waals surface area contributed by atoms with Crippen LogP contribution in [-0.2, 0) is 22.2 Å². The lowest BCUT2D eigenvalue weighted by atomic mass is 9.67. The van der Waals surface area contributed by atoms with Crippen molar-refractivity contribution in [2.45, 2.75) is 50.2 Å². The summed E-state index contributed by atoms with van der Waals surface area (Å²) in [5.41, 5.74) is 0.160. The number of fused-ring (bicyclic) bond motifs is 1. The van der Waals surface area contributed by atoms with E-state index < -0.39 is 15.6 Å². The fourth-order valence-electron chi connectivity index (χ4n) is 4.92. The number of halogens is 1. The molecule has 6 nitrogen and oxygen atoms in total. The molecule has 2 aromatic rings. The molecule has 8 heteroatoms. The Kier molecular flexibility index (Phi) is 4.84. The monoisotopic (exact) mass is 407 g/mol. The summed E-state index contributed by atoms with van der Waals surface area (Å²) >= 11 is 0. The van der Waals surface area contributed by atoms with Gasteiger partial charge in [0, 0.05) is 25.6 Å². The average Bonchev–Trinajstić information content (AvgIpc) is 3.27. The molecule has 0 radical (unpaired) electrons. The quantitative estimate of drug-likeness (QED) is 0.846. The predicted molar refractivity (Wildman–Crippen MR) is 103 cm³/mol. The van der Waals surface area contributed by atoms with Gasteiger partial charge in [-0.15, -0.1) is 0 Å². The topological polar surface area (TPSA) is 75.4 Å². The van der Waals surface area contributed by atoms with Crippen LogP contribution in [0.2, 0.25) is 0 Å². The Morgan fingerprint density at radius 2 is 2.00 bits per heavy atom. The number of hydrogen-bond acceptors (Lipinski definition) is 4. The number of rotatable bonds is 4. The number of benzene rings is 1. The van der Waals surface area contributed by atoms with Crippen LogP contribution < -0.4 is 0 Å². The fraction of sp³-hybridized carbons (Fsp3) is 0.550. The lowest BCUT2D eigenvalue weighted by Gasteiger charge is -2.41. The summed E-state index contributed by atoms with van der Waals surface area (Å²) in [5, 5.41) is 15.7. The van der Waals surface area contributed by atoms with Crippen molar-refractivity contribution in [3.63, 3.8) is 0 Å². The van der Waals surface area contributed by atoms with Crippen LogP contribution >= 0.6 is 0 Å². The van der Waals surface area contributed by atoms with E-state index in [0.29, 0.717) is 30.8 Å². The summed E-state index contributed by atoms with van der Waals surface area (Å²) < 4.78 is 43.0. The zero-order valence-electron chi connectivity index (χ0n) is 16.2. The molecular weight excluding hydrogens is 381 g/mol. The van der Waals surface area contributed by atoms with Crippen LogP contribution in [0.4, 0.5) is 4.39 Å². The van der Waals surface area contributed by atoms with Crippen LogP contribution in [-0.4, -0.2) is 40.7 Å². The molecular formula is C20H26FN3O3S. The first-order valence-electron chi connectivity index (χ1n) is 9.78. The fourth-order valence-corrected chi connectivity index (χ4v) is 6.60. The van der Waals surface area contributed by atoms with E-state index in [-0.39, 0.29) is 29.1 Å². The number of sulfonamides is 1. The molecule has 0 amide bonds. The molecule has 152 valence electrons. The van der Waals surface area contributed by atoms with E-state index in [0.717, 1.165) is 12.8 Å². The molecule has 1 aromatic carbocycles. The predicted octanol–water partition coefficient (Wildman–Crippen LogP) is 2.66. The average molecular weight is 408 g/mol. The third kappa shape index (κ3) is 2.98. The van der Waals surface area contributed by atoms with Crippen LogP contribution in [0.25, 0.3) is 0 Å². The molecule has 1 aliphatic heterocycles. The summed E-state index contributed by atoms with van der Waals surface area (Å²) in [5.74, 6) is -0.470. The molecule has 1 N–H and O–H groups in total. The Balaban J connectivity index is 1.65. The van der Waals surface area contributed by atoms with Crippen molar-refractivity contribution in [1.29, 1.82) is 0 Å². The molecule has 4 rings (SSSR count). The third-order valence-corrected chi connectivity index (χ3v) is 8.41. The third-order valence-electron chi connectivity index (χ3n) is 6.47. The van der Waals surface area contributed by atoms with E-state index in [9.17, 15) is 17.9 Å². The summed E-state index contributed by atoms with van der Waals surface area (Å²) in [6, 6.07) is 5.93. The number of nitrogens with zero attached hydrogens (tertiary/aromatic N) is 3. The van der Waals surface area contributed by atoms with Crippen molar-refractivity contribution < 1.29 is 17.9 Å². The molecule has 1 saturated heterocycles. The second kappa shape index (κ2) is 6.93. The summed E-state index contributed by atoms with van der Waals surface area (Å²) in [4.78, 5) is 0.235. The normalized spacial score (nSPS) is 28.4. The van der Waals surface area contributed by atoms with E-state index in [1.54, 1.807) is 23.7 Å². The highest BCUT2D eigenvalue weighted by Crippen LogP contribution is 2.49. The number of aliphatic hydroxyl groups is 1. The lowest BCUT2D eigenvalue weighted by molar-refractivity contribution is -0.0641. The molecule has 3 atom stereocenters. The van der Waals surface area contributed by atoms with E-state index >= 15 is 0 Å². The van der Waals surface area contributed by atoms with Crippen molar-refractivity contribution in [2.75, 3.05) is 13.1 Å². The van der Waals surface area contributed by atoms with Gasteiger partial charge in [0.25, 0.3) is 0 Å². The van der Waals surface area contributed by atoms with Crippen LogP contribution in [0.15, 0.2) is 35.4 Å². The molecule has 0 spiro atoms. The van der Waals surface area contributed by atoms with E-state index in [4.69, 9.17) is 0 Å². The Bertz CT molecular complexity index is 973. The van der Waals surface area contributed by atoms with Crippen molar-refractivity contribution in [1.82, 2.24) is 14.1 Å². The molecule has 1 saturated carbocycles. The maximum atomic E-state index is 13.3. The van der Waals surface area contributed by atoms with Gasteiger partial charge >= 0.3 is 0 Å². The van der Waals surface area contributed by atoms with E-state index in [1.165, 1.54) is 22.6 Å². The van der Waals surface area contributed by atoms with Gasteiger partial charge in [0.1, 0.15) is 10.7 Å². The minimum Gasteiger partial charge on any atom is -0.385 e. The standard InChI is InChI=1S/C20H26FN3O3S/c1-3-24-14(2)19(11-22-24)28(26,27)23-12-15-5-4-10-20(25,18(15)13-23)16-6-8-17(21)9-7-16/h6-9,11,15,18,25H,3-5,10,12-13H2,1-2H3/t15-,18+,20+/m0/s1. The Hall–Kier alpha value is -1.77. The molecule has 1 aromatic heterocycles. The first-order valence-corrected chi connectivity index (χ1v) is 11.2. The second-order valence-electron chi connectivity index (χ2n) is 7.92. The van der Waals surface area contributed by atoms with Gasteiger partial charge in [-0.3, -0.25) is 4.68 Å². The molecule has 2 heterocycles. The first-order chi connectivity index (χ1) is 13.3. The van der Waals surface area contributed by atoms with Gasteiger partial charge in [-0.1, -0.05) is 12.1 Å². The number of hydrogen-bond donors (Lipinski definition) is 1. The van der Waals surface area contributed by atoms with E-state index in [1.807, 2.05) is 6.92 Å². The van der Waals surface area contributed by atoms with Crippen LogP contribution in [0.3, 0.4) is 0 Å². The zero-order valence-corrected chi connectivity index (χ0v) is 17.0. The SMILES string of the molecule is CCn1ncc(S(=O)(=O)N2C[C@@H]3CCC[C@@](O)(c4ccc(F)cc4)[C@@H]3C2)c1C. The molecule has 0 bridgehead atoms. The van der Waals surface area contributed by atoms with Crippen molar-refractivity contribution in [3.8, 4) is 0 Å². The van der Waals surface area contributed by atoms with Crippen molar-refractivity contribution >= 4 is 10.0 Å². The van der Waals surface area contributed by atoms with Crippen LogP contribution in [0.5, 0.6) is 0 Å². The highest BCUT2D eigenvalue weighted by molar-refractivity contribution is 7.89. The summed E-state index contributed by atoms with van der Waals surface area (Å²) in [6.45, 7) is 4.95. The van der Waals surface area contributed by atoms with Gasteiger partial charge in [0.2, 0.25) is 10.0 Å². The summed E-state index contributed by atoms with van der Waals surface area (Å²) in [6.07, 6.45) is 3.67. The maximum Gasteiger partial charge on any atom is 0.246 e. The summed E-state index contributed by atoms with van der Waals surface area (Å²) in [7, 11) is -3.68. The maximum absolute atomic E-state index is 13.3. The highest BCUT2D eigenvalue weighted by atomic mass is 32.2. The smallest absolute Gasteiger partial charge is 0.246 e. The van der Waals surface area contributed by atoms with Crippen LogP contribution in [0, 0.1) is 24.6 Å². The van der Waals surface area contributed by atoms with Gasteiger partial charge in [0.05, 0.1) is 17.5 Å². The largest absolute Gasteiger partial charge is 0.385 e. The first kappa shape index (κ1) is 19.5. The van der Waals surface area contributed by atoms with E-state index in [2.05, 4.69) is 5.10 Å². The molecule has 0 unspecified atom stereocenters. The second-order valence-corrected chi connectivity index (χ2v) is 9.83. The lowest BCUT2D eigenvalue weighted by Crippen LogP contribution is -2.43. The minimum atomic E-state index is -3.68. The van der Waals surface area contributed by atoms with Gasteiger partial charge in [0.15, 0.2) is 0 Å². The number of aromatic nitrogens is 2. The molecule has 2 fully saturated rings. The van der Waals surface area contributed by atoms with Crippen LogP contribution in [0.1, 0.15) is 37.4 Å². The Morgan fingerprint density at radius 1 is 1.29 bits per heavy atom. The highest BCUT2D eigenvalue weighted by Gasteiger charge is 2.52. The Labute approximate surface area is 165 Å². The van der Waals surface area contributed by atoms with Gasteiger partial charge in [-0.25, -0.2) is 12.8 Å². The van der Waals surface area contributed by atoms with Gasteiger partial charge < -0.3 is 5.11 Å². The molecule has 1 aliphatic carbocycles. The van der Waals surface area contributed by atoms with Gasteiger partial charge in [-0.2, -0.15) is 9.40 Å². The molecule has 28 heavy (non-hydrogen) atoms. The molecule has 2 aliphatic rings. The minimum absolute atomic E-state index is 0.0834. The van der Waals surface area contributed by atoms with Gasteiger partial charge in [-0.05, 0) is 56.7 Å². The Morgan fingerprint density at radius 3 is 2.64 bits per heavy atom. The van der Waals surface area contributed by atoms with Crippen molar-refractivity contribution in [2.24, 2.45) is 11.8 Å². The van der Waals surface area contributed by atoms with Crippen molar-refractivity contribution in [3.05, 3.63) is 47.5 Å². The number of aryl methyl sites for hydroxylation is 1.